The van der Waals surface area contributed by atoms with Crippen molar-refractivity contribution in [2.24, 2.45) is 0 Å². The van der Waals surface area contributed by atoms with E-state index in [0.29, 0.717) is 11.3 Å². The molecule has 2 rings (SSSR count). The van der Waals surface area contributed by atoms with Crippen LogP contribution in [0.15, 0.2) is 30.5 Å². The standard InChI is InChI=1S/C17H20F3NO3/c1-11-9-23-10-14(21(11)15(22)24-16(2,3)4)12-5-7-13(8-6-12)17(18,19)20/h5-8,10-11H,9H2,1-4H3. The summed E-state index contributed by atoms with van der Waals surface area (Å²) >= 11 is 0. The molecule has 24 heavy (non-hydrogen) atoms. The highest BCUT2D eigenvalue weighted by Crippen LogP contribution is 2.32. The second kappa shape index (κ2) is 6.37. The van der Waals surface area contributed by atoms with E-state index >= 15 is 0 Å². The lowest BCUT2D eigenvalue weighted by molar-refractivity contribution is -0.137. The summed E-state index contributed by atoms with van der Waals surface area (Å²) in [6.07, 6.45) is -3.61. The molecule has 1 amide bonds. The molecule has 0 fully saturated rings. The molecular formula is C17H20F3NO3. The number of halogens is 3. The predicted molar refractivity (Wildman–Crippen MR) is 82.9 cm³/mol. The molecule has 0 radical (unpaired) electrons. The van der Waals surface area contributed by atoms with Crippen LogP contribution in [0, 0.1) is 0 Å². The predicted octanol–water partition coefficient (Wildman–Crippen LogP) is 4.66. The van der Waals surface area contributed by atoms with Gasteiger partial charge in [-0.1, -0.05) is 12.1 Å². The van der Waals surface area contributed by atoms with Crippen LogP contribution in [0.5, 0.6) is 0 Å². The molecule has 132 valence electrons. The van der Waals surface area contributed by atoms with Gasteiger partial charge in [0, 0.05) is 5.56 Å². The van der Waals surface area contributed by atoms with E-state index in [1.165, 1.54) is 23.3 Å². The lowest BCUT2D eigenvalue weighted by Crippen LogP contribution is -2.44. The molecule has 1 atom stereocenters. The van der Waals surface area contributed by atoms with Crippen LogP contribution in [0.25, 0.3) is 5.70 Å². The Bertz CT molecular complexity index is 630. The van der Waals surface area contributed by atoms with E-state index < -0.39 is 23.4 Å². The Morgan fingerprint density at radius 2 is 1.79 bits per heavy atom. The smallest absolute Gasteiger partial charge is 0.416 e. The highest BCUT2D eigenvalue weighted by atomic mass is 19.4. The van der Waals surface area contributed by atoms with Crippen LogP contribution in [-0.2, 0) is 15.7 Å². The van der Waals surface area contributed by atoms with E-state index in [-0.39, 0.29) is 12.6 Å². The first kappa shape index (κ1) is 18.2. The van der Waals surface area contributed by atoms with Crippen molar-refractivity contribution in [1.29, 1.82) is 0 Å². The van der Waals surface area contributed by atoms with E-state index in [1.54, 1.807) is 27.7 Å². The maximum Gasteiger partial charge on any atom is 0.416 e. The van der Waals surface area contributed by atoms with Crippen LogP contribution in [-0.4, -0.2) is 29.2 Å². The van der Waals surface area contributed by atoms with Crippen molar-refractivity contribution in [1.82, 2.24) is 4.90 Å². The molecule has 1 aliphatic rings. The van der Waals surface area contributed by atoms with Gasteiger partial charge in [-0.3, -0.25) is 4.90 Å². The first-order valence-electron chi connectivity index (χ1n) is 7.50. The second-order valence-corrected chi connectivity index (χ2v) is 6.61. The fourth-order valence-electron chi connectivity index (χ4n) is 2.26. The first-order valence-corrected chi connectivity index (χ1v) is 7.50. The van der Waals surface area contributed by atoms with E-state index in [4.69, 9.17) is 9.47 Å². The van der Waals surface area contributed by atoms with Gasteiger partial charge in [-0.25, -0.2) is 4.79 Å². The highest BCUT2D eigenvalue weighted by Gasteiger charge is 2.34. The summed E-state index contributed by atoms with van der Waals surface area (Å²) in [5.74, 6) is 0. The zero-order chi connectivity index (χ0) is 18.1. The molecule has 0 spiro atoms. The number of carbonyl (C=O) groups excluding carboxylic acids is 1. The van der Waals surface area contributed by atoms with Crippen molar-refractivity contribution in [2.75, 3.05) is 6.61 Å². The molecule has 0 bridgehead atoms. The van der Waals surface area contributed by atoms with E-state index in [1.807, 2.05) is 0 Å². The van der Waals surface area contributed by atoms with Gasteiger partial charge in [0.2, 0.25) is 0 Å². The highest BCUT2D eigenvalue weighted by molar-refractivity contribution is 5.83. The zero-order valence-electron chi connectivity index (χ0n) is 14.0. The lowest BCUT2D eigenvalue weighted by Gasteiger charge is -2.35. The summed E-state index contributed by atoms with van der Waals surface area (Å²) in [6, 6.07) is 4.27. The Hall–Kier alpha value is -2.18. The number of nitrogens with zero attached hydrogens (tertiary/aromatic N) is 1. The van der Waals surface area contributed by atoms with Gasteiger partial charge in [0.15, 0.2) is 0 Å². The van der Waals surface area contributed by atoms with Gasteiger partial charge in [-0.05, 0) is 39.8 Å². The number of rotatable bonds is 1. The molecule has 0 N–H and O–H groups in total. The third kappa shape index (κ3) is 4.21. The van der Waals surface area contributed by atoms with Crippen molar-refractivity contribution in [3.8, 4) is 0 Å². The molecule has 1 heterocycles. The van der Waals surface area contributed by atoms with Crippen molar-refractivity contribution in [2.45, 2.75) is 45.5 Å². The SMILES string of the molecule is CC1COC=C(c2ccc(C(F)(F)F)cc2)N1C(=O)OC(C)(C)C. The van der Waals surface area contributed by atoms with Crippen LogP contribution in [0.3, 0.4) is 0 Å². The Balaban J connectivity index is 2.32. The van der Waals surface area contributed by atoms with Gasteiger partial charge >= 0.3 is 12.3 Å². The minimum absolute atomic E-state index is 0.281. The maximum atomic E-state index is 12.7. The van der Waals surface area contributed by atoms with Crippen molar-refractivity contribution >= 4 is 11.8 Å². The summed E-state index contributed by atoms with van der Waals surface area (Å²) < 4.78 is 48.8. The van der Waals surface area contributed by atoms with Gasteiger partial charge in [0.05, 0.1) is 17.3 Å². The molecular weight excluding hydrogens is 323 g/mol. The van der Waals surface area contributed by atoms with Crippen LogP contribution in [0.1, 0.15) is 38.8 Å². The Kier molecular flexibility index (Phi) is 4.82. The summed E-state index contributed by atoms with van der Waals surface area (Å²) in [4.78, 5) is 13.9. The number of carbonyl (C=O) groups is 1. The number of benzene rings is 1. The van der Waals surface area contributed by atoms with E-state index in [0.717, 1.165) is 12.1 Å². The molecule has 1 unspecified atom stereocenters. The summed E-state index contributed by atoms with van der Waals surface area (Å²) in [6.45, 7) is 7.30. The molecule has 0 saturated carbocycles. The van der Waals surface area contributed by atoms with Gasteiger partial charge in [-0.15, -0.1) is 0 Å². The quantitative estimate of drug-likeness (QED) is 0.744. The van der Waals surface area contributed by atoms with Crippen LogP contribution < -0.4 is 0 Å². The van der Waals surface area contributed by atoms with Gasteiger partial charge in [0.1, 0.15) is 18.5 Å². The van der Waals surface area contributed by atoms with Gasteiger partial charge in [0.25, 0.3) is 0 Å². The summed E-state index contributed by atoms with van der Waals surface area (Å²) in [5.41, 5.74) is -0.613. The number of hydrogen-bond acceptors (Lipinski definition) is 3. The second-order valence-electron chi connectivity index (χ2n) is 6.61. The van der Waals surface area contributed by atoms with Crippen LogP contribution in [0.4, 0.5) is 18.0 Å². The number of amides is 1. The molecule has 0 saturated heterocycles. The van der Waals surface area contributed by atoms with E-state index in [9.17, 15) is 18.0 Å². The van der Waals surface area contributed by atoms with Crippen molar-refractivity contribution < 1.29 is 27.4 Å². The first-order chi connectivity index (χ1) is 11.0. The summed E-state index contributed by atoms with van der Waals surface area (Å²) in [7, 11) is 0. The maximum absolute atomic E-state index is 12.7. The molecule has 0 aromatic heterocycles. The number of alkyl halides is 3. The monoisotopic (exact) mass is 343 g/mol. The number of hydrogen-bond donors (Lipinski definition) is 0. The lowest BCUT2D eigenvalue weighted by atomic mass is 10.1. The van der Waals surface area contributed by atoms with Crippen LogP contribution >= 0.6 is 0 Å². The van der Waals surface area contributed by atoms with E-state index in [2.05, 4.69) is 0 Å². The average molecular weight is 343 g/mol. The third-order valence-electron chi connectivity index (χ3n) is 3.33. The molecule has 1 aromatic carbocycles. The van der Waals surface area contributed by atoms with Gasteiger partial charge < -0.3 is 9.47 Å². The fraction of sp³-hybridized carbons (Fsp3) is 0.471. The fourth-order valence-corrected chi connectivity index (χ4v) is 2.26. The summed E-state index contributed by atoms with van der Waals surface area (Å²) in [5, 5.41) is 0. The normalized spacial score (nSPS) is 18.7. The third-order valence-corrected chi connectivity index (χ3v) is 3.33. The molecule has 1 aromatic rings. The topological polar surface area (TPSA) is 38.8 Å². The zero-order valence-corrected chi connectivity index (χ0v) is 14.0. The molecule has 4 nitrogen and oxygen atoms in total. The molecule has 0 aliphatic carbocycles. The van der Waals surface area contributed by atoms with Crippen molar-refractivity contribution in [3.63, 3.8) is 0 Å². The minimum atomic E-state index is -4.41. The van der Waals surface area contributed by atoms with Gasteiger partial charge in [-0.2, -0.15) is 13.2 Å². The Morgan fingerprint density at radius 3 is 2.29 bits per heavy atom. The minimum Gasteiger partial charge on any atom is -0.497 e. The molecule has 7 heteroatoms. The van der Waals surface area contributed by atoms with Crippen LogP contribution in [0.2, 0.25) is 0 Å². The Morgan fingerprint density at radius 1 is 1.21 bits per heavy atom. The average Bonchev–Trinajstić information content (AvgIpc) is 2.44. The number of ether oxygens (including phenoxy) is 2. The van der Waals surface area contributed by atoms with Crippen molar-refractivity contribution in [3.05, 3.63) is 41.7 Å². The largest absolute Gasteiger partial charge is 0.497 e. The Labute approximate surface area is 138 Å². The molecule has 1 aliphatic heterocycles.